The van der Waals surface area contributed by atoms with E-state index in [9.17, 15) is 18.4 Å². The summed E-state index contributed by atoms with van der Waals surface area (Å²) in [5.41, 5.74) is 1.46. The predicted molar refractivity (Wildman–Crippen MR) is 92.6 cm³/mol. The Kier molecular flexibility index (Phi) is 4.97. The van der Waals surface area contributed by atoms with Gasteiger partial charge in [-0.3, -0.25) is 9.59 Å². The highest BCUT2D eigenvalue weighted by Crippen LogP contribution is 2.19. The van der Waals surface area contributed by atoms with Crippen LogP contribution < -0.4 is 5.32 Å². The number of halogens is 2. The van der Waals surface area contributed by atoms with Crippen molar-refractivity contribution in [2.75, 3.05) is 11.9 Å². The maximum Gasteiger partial charge on any atom is 0.326 e. The van der Waals surface area contributed by atoms with Crippen LogP contribution in [-0.4, -0.2) is 23.1 Å². The van der Waals surface area contributed by atoms with Crippen molar-refractivity contribution in [3.8, 4) is 0 Å². The summed E-state index contributed by atoms with van der Waals surface area (Å²) in [4.78, 5) is 23.8. The lowest BCUT2D eigenvalue weighted by atomic mass is 10.2. The summed E-state index contributed by atoms with van der Waals surface area (Å²) in [6.45, 7) is 1.22. The Labute approximate surface area is 148 Å². The SMILES string of the molecule is Cc1cc2ccccc2n1CC(=O)OCC(=O)Nc1cc(F)ccc1F. The molecule has 3 aromatic rings. The van der Waals surface area contributed by atoms with Gasteiger partial charge in [-0.2, -0.15) is 0 Å². The van der Waals surface area contributed by atoms with Gasteiger partial charge >= 0.3 is 5.97 Å². The fourth-order valence-corrected chi connectivity index (χ4v) is 2.66. The van der Waals surface area contributed by atoms with Crippen LogP contribution in [0.4, 0.5) is 14.5 Å². The van der Waals surface area contributed by atoms with Crippen LogP contribution >= 0.6 is 0 Å². The summed E-state index contributed by atoms with van der Waals surface area (Å²) in [5, 5.41) is 3.17. The molecule has 2 aromatic carbocycles. The number of rotatable bonds is 5. The van der Waals surface area contributed by atoms with E-state index in [2.05, 4.69) is 5.32 Å². The first-order chi connectivity index (χ1) is 12.4. The zero-order valence-electron chi connectivity index (χ0n) is 14.0. The van der Waals surface area contributed by atoms with Crippen LogP contribution in [-0.2, 0) is 20.9 Å². The average molecular weight is 358 g/mol. The van der Waals surface area contributed by atoms with Crippen LogP contribution in [0.2, 0.25) is 0 Å². The van der Waals surface area contributed by atoms with Crippen molar-refractivity contribution in [3.63, 3.8) is 0 Å². The summed E-state index contributed by atoms with van der Waals surface area (Å²) in [5.74, 6) is -2.82. The number of nitrogens with zero attached hydrogens (tertiary/aromatic N) is 1. The molecule has 0 radical (unpaired) electrons. The molecule has 0 aliphatic heterocycles. The number of hydrogen-bond acceptors (Lipinski definition) is 3. The monoisotopic (exact) mass is 358 g/mol. The molecular formula is C19H16F2N2O3. The molecule has 0 fully saturated rings. The third kappa shape index (κ3) is 3.88. The number of nitrogens with one attached hydrogen (secondary N) is 1. The lowest BCUT2D eigenvalue weighted by Crippen LogP contribution is -2.23. The molecule has 26 heavy (non-hydrogen) atoms. The highest BCUT2D eigenvalue weighted by molar-refractivity contribution is 5.93. The molecule has 1 heterocycles. The van der Waals surface area contributed by atoms with Gasteiger partial charge in [-0.15, -0.1) is 0 Å². The Hall–Kier alpha value is -3.22. The zero-order valence-corrected chi connectivity index (χ0v) is 14.0. The topological polar surface area (TPSA) is 60.3 Å². The molecule has 0 aliphatic rings. The molecule has 0 saturated carbocycles. The van der Waals surface area contributed by atoms with E-state index >= 15 is 0 Å². The lowest BCUT2D eigenvalue weighted by Gasteiger charge is -2.10. The van der Waals surface area contributed by atoms with Gasteiger partial charge in [0.2, 0.25) is 0 Å². The predicted octanol–water partition coefficient (Wildman–Crippen LogP) is 3.41. The minimum absolute atomic E-state index is 0.0546. The summed E-state index contributed by atoms with van der Waals surface area (Å²) in [6, 6.07) is 12.2. The summed E-state index contributed by atoms with van der Waals surface area (Å²) in [7, 11) is 0. The summed E-state index contributed by atoms with van der Waals surface area (Å²) < 4.78 is 33.3. The van der Waals surface area contributed by atoms with Crippen molar-refractivity contribution in [2.24, 2.45) is 0 Å². The van der Waals surface area contributed by atoms with Crippen molar-refractivity contribution < 1.29 is 23.1 Å². The molecule has 0 bridgehead atoms. The fraction of sp³-hybridized carbons (Fsp3) is 0.158. The molecule has 5 nitrogen and oxygen atoms in total. The number of esters is 1. The molecular weight excluding hydrogens is 342 g/mol. The van der Waals surface area contributed by atoms with E-state index in [4.69, 9.17) is 4.74 Å². The molecule has 0 spiro atoms. The number of carbonyl (C=O) groups is 2. The first-order valence-corrected chi connectivity index (χ1v) is 7.89. The molecule has 0 saturated heterocycles. The highest BCUT2D eigenvalue weighted by atomic mass is 19.1. The number of para-hydroxylation sites is 1. The number of aromatic nitrogens is 1. The number of benzene rings is 2. The molecule has 1 aromatic heterocycles. The fourth-order valence-electron chi connectivity index (χ4n) is 2.66. The van der Waals surface area contributed by atoms with Crippen molar-refractivity contribution >= 4 is 28.5 Å². The second kappa shape index (κ2) is 7.35. The summed E-state index contributed by atoms with van der Waals surface area (Å²) in [6.07, 6.45) is 0. The largest absolute Gasteiger partial charge is 0.454 e. The third-order valence-electron chi connectivity index (χ3n) is 3.87. The molecule has 0 unspecified atom stereocenters. The second-order valence-electron chi connectivity index (χ2n) is 5.76. The first-order valence-electron chi connectivity index (χ1n) is 7.89. The van der Waals surface area contributed by atoms with Crippen LogP contribution in [0.15, 0.2) is 48.5 Å². The Morgan fingerprint density at radius 3 is 2.69 bits per heavy atom. The zero-order chi connectivity index (χ0) is 18.7. The van der Waals surface area contributed by atoms with Crippen LogP contribution in [0.3, 0.4) is 0 Å². The van der Waals surface area contributed by atoms with E-state index in [1.807, 2.05) is 37.3 Å². The maximum atomic E-state index is 13.5. The number of anilines is 1. The smallest absolute Gasteiger partial charge is 0.326 e. The van der Waals surface area contributed by atoms with Gasteiger partial charge in [0.25, 0.3) is 5.91 Å². The molecule has 1 amide bonds. The van der Waals surface area contributed by atoms with Crippen molar-refractivity contribution in [1.82, 2.24) is 4.57 Å². The number of ether oxygens (including phenoxy) is 1. The van der Waals surface area contributed by atoms with Crippen LogP contribution in [0.25, 0.3) is 10.9 Å². The van der Waals surface area contributed by atoms with E-state index in [0.29, 0.717) is 0 Å². The van der Waals surface area contributed by atoms with Gasteiger partial charge < -0.3 is 14.6 Å². The van der Waals surface area contributed by atoms with E-state index in [0.717, 1.165) is 34.8 Å². The van der Waals surface area contributed by atoms with Crippen LogP contribution in [0.1, 0.15) is 5.69 Å². The van der Waals surface area contributed by atoms with Gasteiger partial charge in [0.05, 0.1) is 5.69 Å². The maximum absolute atomic E-state index is 13.5. The average Bonchev–Trinajstić information content (AvgIpc) is 2.92. The molecule has 3 rings (SSSR count). The number of hydrogen-bond donors (Lipinski definition) is 1. The Bertz CT molecular complexity index is 982. The van der Waals surface area contributed by atoms with Crippen LogP contribution in [0.5, 0.6) is 0 Å². The second-order valence-corrected chi connectivity index (χ2v) is 5.76. The first kappa shape index (κ1) is 17.6. The van der Waals surface area contributed by atoms with Gasteiger partial charge in [0, 0.05) is 17.3 Å². The van der Waals surface area contributed by atoms with Crippen molar-refractivity contribution in [3.05, 3.63) is 65.9 Å². The molecule has 134 valence electrons. The minimum atomic E-state index is -0.777. The van der Waals surface area contributed by atoms with Crippen molar-refractivity contribution in [1.29, 1.82) is 0 Å². The van der Waals surface area contributed by atoms with Gasteiger partial charge in [-0.05, 0) is 36.6 Å². The van der Waals surface area contributed by atoms with Crippen molar-refractivity contribution in [2.45, 2.75) is 13.5 Å². The third-order valence-corrected chi connectivity index (χ3v) is 3.87. The molecule has 0 aliphatic carbocycles. The molecule has 0 atom stereocenters. The van der Waals surface area contributed by atoms with Gasteiger partial charge in [0.1, 0.15) is 18.2 Å². The number of amides is 1. The standard InChI is InChI=1S/C19H16F2N2O3/c1-12-8-13-4-2-3-5-17(13)23(12)10-19(25)26-11-18(24)22-16-9-14(20)6-7-15(16)21/h2-9H,10-11H2,1H3,(H,22,24). The number of carbonyl (C=O) groups excluding carboxylic acids is 2. The van der Waals surface area contributed by atoms with E-state index < -0.39 is 30.1 Å². The van der Waals surface area contributed by atoms with E-state index in [-0.39, 0.29) is 12.2 Å². The lowest BCUT2D eigenvalue weighted by molar-refractivity contribution is -0.147. The molecule has 1 N–H and O–H groups in total. The van der Waals surface area contributed by atoms with E-state index in [1.165, 1.54) is 0 Å². The number of fused-ring (bicyclic) bond motifs is 1. The van der Waals surface area contributed by atoms with Gasteiger partial charge in [0.15, 0.2) is 6.61 Å². The molecule has 7 heteroatoms. The van der Waals surface area contributed by atoms with Crippen LogP contribution in [0, 0.1) is 18.6 Å². The Balaban J connectivity index is 1.59. The Morgan fingerprint density at radius 1 is 1.12 bits per heavy atom. The number of aryl methyl sites for hydroxylation is 1. The van der Waals surface area contributed by atoms with Gasteiger partial charge in [-0.1, -0.05) is 18.2 Å². The summed E-state index contributed by atoms with van der Waals surface area (Å²) >= 11 is 0. The van der Waals surface area contributed by atoms with Gasteiger partial charge in [-0.25, -0.2) is 8.78 Å². The minimum Gasteiger partial charge on any atom is -0.454 e. The van der Waals surface area contributed by atoms with E-state index in [1.54, 1.807) is 4.57 Å². The quantitative estimate of drug-likeness (QED) is 0.711. The highest BCUT2D eigenvalue weighted by Gasteiger charge is 2.13. The normalized spacial score (nSPS) is 10.7. The Morgan fingerprint density at radius 2 is 1.88 bits per heavy atom.